The summed E-state index contributed by atoms with van der Waals surface area (Å²) in [7, 11) is 0. The lowest BCUT2D eigenvalue weighted by atomic mass is 9.12. The largest absolute Gasteiger partial charge is 0.109 e. The maximum atomic E-state index is 1.56. The normalized spacial score (nSPS) is 27.0. The molecule has 42 valence electrons. The minimum Gasteiger partial charge on any atom is -0.0810 e. The summed E-state index contributed by atoms with van der Waals surface area (Å²) in [6, 6.07) is 0. The third-order valence-corrected chi connectivity index (χ3v) is 2.97. The SMILES string of the molecule is C1CB2CCCB2C1. The van der Waals surface area contributed by atoms with Crippen molar-refractivity contribution in [2.24, 2.45) is 0 Å². The van der Waals surface area contributed by atoms with Gasteiger partial charge in [-0.05, 0) is 0 Å². The molecule has 2 aliphatic heterocycles. The Bertz CT molecular complexity index is 72.5. The lowest BCUT2D eigenvalue weighted by molar-refractivity contribution is 1.01. The molecule has 2 aliphatic rings. The average molecular weight is 106 g/mol. The van der Waals surface area contributed by atoms with E-state index in [0.717, 1.165) is 0 Å². The van der Waals surface area contributed by atoms with Crippen LogP contribution in [-0.4, -0.2) is 13.2 Å². The first-order valence-electron chi connectivity index (χ1n) is 3.97. The zero-order chi connectivity index (χ0) is 5.40. The maximum Gasteiger partial charge on any atom is 0.109 e. The van der Waals surface area contributed by atoms with E-state index in [9.17, 15) is 0 Å². The smallest absolute Gasteiger partial charge is 0.0810 e. The first-order chi connectivity index (χ1) is 3.97. The first kappa shape index (κ1) is 4.96. The summed E-state index contributed by atoms with van der Waals surface area (Å²) in [5.41, 5.74) is 0. The van der Waals surface area contributed by atoms with Crippen molar-refractivity contribution in [3.05, 3.63) is 0 Å². The molecule has 2 saturated heterocycles. The Hall–Kier alpha value is 0.130. The molecular weight excluding hydrogens is 93.7 g/mol. The third kappa shape index (κ3) is 0.620. The van der Waals surface area contributed by atoms with Crippen molar-refractivity contribution in [1.82, 2.24) is 0 Å². The van der Waals surface area contributed by atoms with Crippen LogP contribution in [0.25, 0.3) is 0 Å². The van der Waals surface area contributed by atoms with E-state index in [2.05, 4.69) is 0 Å². The highest BCUT2D eigenvalue weighted by atomic mass is 14.0. The Labute approximate surface area is 52.2 Å². The molecule has 0 aromatic carbocycles. The summed E-state index contributed by atoms with van der Waals surface area (Å²) < 4.78 is 0. The van der Waals surface area contributed by atoms with Crippen LogP contribution in [0.2, 0.25) is 25.3 Å². The summed E-state index contributed by atoms with van der Waals surface area (Å²) in [5.74, 6) is 0. The monoisotopic (exact) mass is 106 g/mol. The quantitative estimate of drug-likeness (QED) is 0.413. The fourth-order valence-electron chi connectivity index (χ4n) is 2.52. The molecule has 0 aromatic rings. The molecule has 0 atom stereocenters. The van der Waals surface area contributed by atoms with Crippen LogP contribution < -0.4 is 0 Å². The summed E-state index contributed by atoms with van der Waals surface area (Å²) >= 11 is 0. The van der Waals surface area contributed by atoms with E-state index >= 15 is 0 Å². The van der Waals surface area contributed by atoms with Crippen molar-refractivity contribution in [2.75, 3.05) is 0 Å². The van der Waals surface area contributed by atoms with Crippen molar-refractivity contribution in [3.63, 3.8) is 0 Å². The zero-order valence-corrected chi connectivity index (χ0v) is 5.40. The van der Waals surface area contributed by atoms with Crippen molar-refractivity contribution >= 4 is 13.2 Å². The topological polar surface area (TPSA) is 0 Å². The second-order valence-electron chi connectivity index (χ2n) is 3.38. The minimum absolute atomic E-state index is 1.18. The molecular formula is C6H12B2. The van der Waals surface area contributed by atoms with Gasteiger partial charge in [-0.2, -0.15) is 0 Å². The summed E-state index contributed by atoms with van der Waals surface area (Å²) in [6.07, 6.45) is 9.31. The van der Waals surface area contributed by atoms with E-state index in [1.165, 1.54) is 26.0 Å². The van der Waals surface area contributed by atoms with Crippen molar-refractivity contribution in [2.45, 2.75) is 38.1 Å². The van der Waals surface area contributed by atoms with Crippen LogP contribution in [-0.2, 0) is 0 Å². The molecule has 2 fully saturated rings. The number of rotatable bonds is 0. The van der Waals surface area contributed by atoms with E-state index in [-0.39, 0.29) is 0 Å². The van der Waals surface area contributed by atoms with Crippen LogP contribution in [0.4, 0.5) is 0 Å². The van der Waals surface area contributed by atoms with Crippen LogP contribution in [0.5, 0.6) is 0 Å². The number of fused-ring (bicyclic) bond motifs is 1. The fraction of sp³-hybridized carbons (Fsp3) is 1.00. The molecule has 0 amide bonds. The molecule has 2 heteroatoms. The van der Waals surface area contributed by atoms with E-state index in [4.69, 9.17) is 0 Å². The van der Waals surface area contributed by atoms with Crippen molar-refractivity contribution in [1.29, 1.82) is 0 Å². The summed E-state index contributed by atoms with van der Waals surface area (Å²) in [6.45, 7) is 2.35. The van der Waals surface area contributed by atoms with Gasteiger partial charge in [0.15, 0.2) is 0 Å². The van der Waals surface area contributed by atoms with E-state index < -0.39 is 0 Å². The molecule has 0 saturated carbocycles. The van der Waals surface area contributed by atoms with Gasteiger partial charge >= 0.3 is 0 Å². The van der Waals surface area contributed by atoms with Gasteiger partial charge in [0.25, 0.3) is 0 Å². The van der Waals surface area contributed by atoms with Crippen LogP contribution in [0.1, 0.15) is 12.8 Å². The first-order valence-corrected chi connectivity index (χ1v) is 3.97. The molecule has 0 unspecified atom stereocenters. The molecule has 8 heavy (non-hydrogen) atoms. The minimum atomic E-state index is 1.18. The maximum absolute atomic E-state index is 1.56. The van der Waals surface area contributed by atoms with Gasteiger partial charge in [0, 0.05) is 0 Å². The summed E-state index contributed by atoms with van der Waals surface area (Å²) in [5, 5.41) is 0. The standard InChI is InChI=1S/C6H12B2/c1-3-7-5-2-6-8(7)4-1/h1-6H2. The fourth-order valence-corrected chi connectivity index (χ4v) is 2.52. The van der Waals surface area contributed by atoms with Crippen LogP contribution in [0.3, 0.4) is 0 Å². The Kier molecular flexibility index (Phi) is 1.13. The molecule has 0 bridgehead atoms. The van der Waals surface area contributed by atoms with Gasteiger partial charge in [0.1, 0.15) is 13.2 Å². The molecule has 0 aromatic heterocycles. The molecule has 0 N–H and O–H groups in total. The predicted octanol–water partition coefficient (Wildman–Crippen LogP) is 1.86. The van der Waals surface area contributed by atoms with Crippen LogP contribution in [0, 0.1) is 0 Å². The van der Waals surface area contributed by atoms with Gasteiger partial charge < -0.3 is 0 Å². The van der Waals surface area contributed by atoms with Crippen LogP contribution in [0.15, 0.2) is 0 Å². The highest BCUT2D eigenvalue weighted by Crippen LogP contribution is 2.32. The molecule has 2 heterocycles. The van der Waals surface area contributed by atoms with Gasteiger partial charge in [-0.25, -0.2) is 0 Å². The summed E-state index contributed by atoms with van der Waals surface area (Å²) in [4.78, 5) is 0. The van der Waals surface area contributed by atoms with E-state index in [1.54, 1.807) is 25.3 Å². The Morgan fingerprint density at radius 2 is 1.00 bits per heavy atom. The second-order valence-corrected chi connectivity index (χ2v) is 3.38. The average Bonchev–Trinajstić information content (AvgIpc) is 2.15. The van der Waals surface area contributed by atoms with Crippen molar-refractivity contribution in [3.8, 4) is 0 Å². The molecule has 0 spiro atoms. The van der Waals surface area contributed by atoms with Gasteiger partial charge in [-0.3, -0.25) is 0 Å². The molecule has 0 nitrogen and oxygen atoms in total. The molecule has 2 rings (SSSR count). The Morgan fingerprint density at radius 3 is 1.38 bits per heavy atom. The highest BCUT2D eigenvalue weighted by Gasteiger charge is 2.36. The van der Waals surface area contributed by atoms with Gasteiger partial charge in [0.05, 0.1) is 0 Å². The lowest BCUT2D eigenvalue weighted by Gasteiger charge is -1.96. The predicted molar refractivity (Wildman–Crippen MR) is 40.0 cm³/mol. The van der Waals surface area contributed by atoms with Crippen LogP contribution >= 0.6 is 0 Å². The van der Waals surface area contributed by atoms with Crippen molar-refractivity contribution < 1.29 is 0 Å². The highest BCUT2D eigenvalue weighted by molar-refractivity contribution is 7.24. The Balaban J connectivity index is 2.04. The van der Waals surface area contributed by atoms with Gasteiger partial charge in [-0.15, -0.1) is 0 Å². The third-order valence-electron chi connectivity index (χ3n) is 2.97. The molecule has 0 radical (unpaired) electrons. The zero-order valence-electron chi connectivity index (χ0n) is 5.40. The van der Waals surface area contributed by atoms with E-state index in [0.29, 0.717) is 0 Å². The lowest BCUT2D eigenvalue weighted by Crippen LogP contribution is -2.21. The van der Waals surface area contributed by atoms with Gasteiger partial charge in [0.2, 0.25) is 0 Å². The number of hydrogen-bond donors (Lipinski definition) is 0. The molecule has 0 aliphatic carbocycles. The van der Waals surface area contributed by atoms with Gasteiger partial charge in [-0.1, -0.05) is 38.1 Å². The number of hydrogen-bond acceptors (Lipinski definition) is 0. The second kappa shape index (κ2) is 1.82. The van der Waals surface area contributed by atoms with E-state index in [1.807, 2.05) is 0 Å². The Morgan fingerprint density at radius 1 is 0.625 bits per heavy atom.